The first-order valence-corrected chi connectivity index (χ1v) is 7.97. The van der Waals surface area contributed by atoms with E-state index in [4.69, 9.17) is 9.41 Å². The number of rotatable bonds is 1. The van der Waals surface area contributed by atoms with Gasteiger partial charge in [0, 0.05) is 24.3 Å². The highest BCUT2D eigenvalue weighted by molar-refractivity contribution is 6.18. The van der Waals surface area contributed by atoms with Crippen LogP contribution >= 0.6 is 0 Å². The lowest BCUT2D eigenvalue weighted by molar-refractivity contribution is -0.120. The molecule has 0 amide bonds. The van der Waals surface area contributed by atoms with Crippen LogP contribution in [0.3, 0.4) is 0 Å². The normalized spacial score (nSPS) is 35.6. The molecule has 1 aromatic rings. The summed E-state index contributed by atoms with van der Waals surface area (Å²) < 4.78 is 5.50. The van der Waals surface area contributed by atoms with Crippen molar-refractivity contribution in [2.75, 3.05) is 0 Å². The fourth-order valence-electron chi connectivity index (χ4n) is 3.86. The van der Waals surface area contributed by atoms with Crippen molar-refractivity contribution in [3.05, 3.63) is 24.2 Å². The lowest BCUT2D eigenvalue weighted by atomic mass is 9.78. The molecule has 110 valence electrons. The van der Waals surface area contributed by atoms with E-state index < -0.39 is 0 Å². The van der Waals surface area contributed by atoms with Crippen molar-refractivity contribution in [2.24, 2.45) is 15.9 Å². The van der Waals surface area contributed by atoms with Gasteiger partial charge in [0.2, 0.25) is 0 Å². The van der Waals surface area contributed by atoms with Crippen molar-refractivity contribution in [3.63, 3.8) is 0 Å². The summed E-state index contributed by atoms with van der Waals surface area (Å²) in [4.78, 5) is 22.1. The van der Waals surface area contributed by atoms with E-state index in [0.29, 0.717) is 12.5 Å². The lowest BCUT2D eigenvalue weighted by Crippen LogP contribution is -2.34. The van der Waals surface area contributed by atoms with Crippen LogP contribution < -0.4 is 0 Å². The quantitative estimate of drug-likeness (QED) is 0.795. The standard InChI is InChI=1S/C17H20N2O2/c20-16-9-11(17-6-3-7-21-17)8-15-12(16)10-18-13-4-1-2-5-14(13)19-15/h3,6-7,10-14H,1-2,4-5,8-9H2/t11-,12?,13+,14-/m1/s1. The summed E-state index contributed by atoms with van der Waals surface area (Å²) in [6.07, 6.45) is 9.62. The summed E-state index contributed by atoms with van der Waals surface area (Å²) in [7, 11) is 0. The maximum Gasteiger partial charge on any atom is 0.147 e. The van der Waals surface area contributed by atoms with Crippen molar-refractivity contribution < 1.29 is 9.21 Å². The Morgan fingerprint density at radius 2 is 2.00 bits per heavy atom. The molecule has 1 aliphatic heterocycles. The maximum absolute atomic E-state index is 12.5. The highest BCUT2D eigenvalue weighted by Crippen LogP contribution is 2.35. The van der Waals surface area contributed by atoms with Crippen molar-refractivity contribution in [2.45, 2.75) is 56.5 Å². The van der Waals surface area contributed by atoms with Crippen molar-refractivity contribution >= 4 is 17.7 Å². The number of nitrogens with zero attached hydrogens (tertiary/aromatic N) is 2. The Morgan fingerprint density at radius 1 is 1.14 bits per heavy atom. The molecule has 0 spiro atoms. The molecule has 0 radical (unpaired) electrons. The fourth-order valence-corrected chi connectivity index (χ4v) is 3.86. The third-order valence-electron chi connectivity index (χ3n) is 5.01. The Labute approximate surface area is 124 Å². The van der Waals surface area contributed by atoms with Crippen molar-refractivity contribution in [1.82, 2.24) is 0 Å². The van der Waals surface area contributed by atoms with Gasteiger partial charge >= 0.3 is 0 Å². The molecular formula is C17H20N2O2. The van der Waals surface area contributed by atoms with Gasteiger partial charge in [0.1, 0.15) is 11.5 Å². The van der Waals surface area contributed by atoms with Gasteiger partial charge in [-0.1, -0.05) is 12.8 Å². The molecular weight excluding hydrogens is 264 g/mol. The van der Waals surface area contributed by atoms with E-state index in [1.54, 1.807) is 6.26 Å². The number of fused-ring (bicyclic) bond motifs is 2. The number of hydrogen-bond acceptors (Lipinski definition) is 4. The minimum atomic E-state index is -0.179. The highest BCUT2D eigenvalue weighted by Gasteiger charge is 2.37. The Balaban J connectivity index is 1.65. The second-order valence-corrected chi connectivity index (χ2v) is 6.40. The van der Waals surface area contributed by atoms with E-state index in [1.807, 2.05) is 18.3 Å². The summed E-state index contributed by atoms with van der Waals surface area (Å²) in [6.45, 7) is 0. The average molecular weight is 284 g/mol. The Kier molecular flexibility index (Phi) is 3.24. The van der Waals surface area contributed by atoms with E-state index in [9.17, 15) is 4.79 Å². The smallest absolute Gasteiger partial charge is 0.147 e. The Bertz CT molecular complexity index is 588. The minimum Gasteiger partial charge on any atom is -0.469 e. The highest BCUT2D eigenvalue weighted by atomic mass is 16.3. The first-order chi connectivity index (χ1) is 10.3. The monoisotopic (exact) mass is 284 g/mol. The fraction of sp³-hybridized carbons (Fsp3) is 0.588. The van der Waals surface area contributed by atoms with E-state index in [0.717, 1.165) is 30.7 Å². The first-order valence-electron chi connectivity index (χ1n) is 7.97. The van der Waals surface area contributed by atoms with E-state index in [1.165, 1.54) is 12.8 Å². The van der Waals surface area contributed by atoms with Gasteiger partial charge in [-0.25, -0.2) is 0 Å². The van der Waals surface area contributed by atoms with E-state index >= 15 is 0 Å². The van der Waals surface area contributed by atoms with Crippen LogP contribution in [0, 0.1) is 5.92 Å². The summed E-state index contributed by atoms with van der Waals surface area (Å²) in [5.41, 5.74) is 1.03. The van der Waals surface area contributed by atoms with Gasteiger partial charge in [-0.15, -0.1) is 0 Å². The lowest BCUT2D eigenvalue weighted by Gasteiger charge is -2.27. The van der Waals surface area contributed by atoms with Gasteiger partial charge < -0.3 is 4.42 Å². The second-order valence-electron chi connectivity index (χ2n) is 6.40. The van der Waals surface area contributed by atoms with Crippen LogP contribution in [0.15, 0.2) is 32.8 Å². The Hall–Kier alpha value is -1.71. The average Bonchev–Trinajstić information content (AvgIpc) is 2.95. The topological polar surface area (TPSA) is 54.9 Å². The molecule has 4 nitrogen and oxygen atoms in total. The third kappa shape index (κ3) is 2.37. The number of furan rings is 1. The van der Waals surface area contributed by atoms with Crippen LogP contribution in [0.1, 0.15) is 50.2 Å². The van der Waals surface area contributed by atoms with Gasteiger partial charge in [0.25, 0.3) is 0 Å². The summed E-state index contributed by atoms with van der Waals surface area (Å²) in [5.74, 6) is 1.12. The molecule has 4 rings (SSSR count). The van der Waals surface area contributed by atoms with E-state index in [2.05, 4.69) is 4.99 Å². The van der Waals surface area contributed by atoms with Crippen LogP contribution in [0.2, 0.25) is 0 Å². The van der Waals surface area contributed by atoms with Gasteiger partial charge in [-0.05, 0) is 31.4 Å². The zero-order valence-electron chi connectivity index (χ0n) is 12.1. The largest absolute Gasteiger partial charge is 0.469 e. The molecule has 21 heavy (non-hydrogen) atoms. The molecule has 2 aliphatic carbocycles. The molecule has 3 aliphatic rings. The molecule has 1 aromatic heterocycles. The molecule has 4 heteroatoms. The van der Waals surface area contributed by atoms with Crippen LogP contribution in [-0.4, -0.2) is 29.8 Å². The second kappa shape index (κ2) is 5.24. The van der Waals surface area contributed by atoms with Crippen molar-refractivity contribution in [3.8, 4) is 0 Å². The number of Topliss-reactive ketones (excluding diaryl/α,β-unsaturated/α-hetero) is 1. The van der Waals surface area contributed by atoms with Gasteiger partial charge in [0.05, 0.1) is 24.3 Å². The van der Waals surface area contributed by atoms with Gasteiger partial charge in [-0.2, -0.15) is 0 Å². The minimum absolute atomic E-state index is 0.149. The summed E-state index contributed by atoms with van der Waals surface area (Å²) in [6, 6.07) is 4.44. The molecule has 0 bridgehead atoms. The number of ketones is 1. The number of hydrogen-bond donors (Lipinski definition) is 0. The molecule has 4 atom stereocenters. The molecule has 2 fully saturated rings. The molecule has 0 aromatic carbocycles. The Morgan fingerprint density at radius 3 is 2.81 bits per heavy atom. The number of aliphatic imine (C=N–C) groups is 2. The van der Waals surface area contributed by atoms with Crippen LogP contribution in [0.4, 0.5) is 0 Å². The van der Waals surface area contributed by atoms with Crippen LogP contribution in [0.25, 0.3) is 0 Å². The number of carbonyl (C=O) groups is 1. The maximum atomic E-state index is 12.5. The first kappa shape index (κ1) is 13.0. The van der Waals surface area contributed by atoms with Gasteiger partial charge in [-0.3, -0.25) is 14.8 Å². The molecule has 2 saturated carbocycles. The molecule has 1 unspecified atom stereocenters. The van der Waals surface area contributed by atoms with E-state index in [-0.39, 0.29) is 23.7 Å². The summed E-state index contributed by atoms with van der Waals surface area (Å²) >= 11 is 0. The van der Waals surface area contributed by atoms with Crippen LogP contribution in [-0.2, 0) is 4.79 Å². The molecule has 2 heterocycles. The predicted molar refractivity (Wildman–Crippen MR) is 81.2 cm³/mol. The van der Waals surface area contributed by atoms with Crippen LogP contribution in [0.5, 0.6) is 0 Å². The zero-order valence-corrected chi connectivity index (χ0v) is 12.1. The number of carbonyl (C=O) groups excluding carboxylic acids is 1. The summed E-state index contributed by atoms with van der Waals surface area (Å²) in [5, 5.41) is 0. The SMILES string of the molecule is O=C1C[C@H](c2ccco2)CC2=N[C@@H]3CCCC[C@@H]3N=CC12. The predicted octanol–water partition coefficient (Wildman–Crippen LogP) is 3.18. The molecule has 0 saturated heterocycles. The zero-order chi connectivity index (χ0) is 14.2. The van der Waals surface area contributed by atoms with Crippen molar-refractivity contribution in [1.29, 1.82) is 0 Å². The van der Waals surface area contributed by atoms with Gasteiger partial charge in [0.15, 0.2) is 0 Å². The third-order valence-corrected chi connectivity index (χ3v) is 5.01. The molecule has 0 N–H and O–H groups in total.